The van der Waals surface area contributed by atoms with Crippen LogP contribution in [0, 0.1) is 0 Å². The molecule has 0 radical (unpaired) electrons. The second-order valence-electron chi connectivity index (χ2n) is 4.41. The van der Waals surface area contributed by atoms with Crippen LogP contribution in [0.2, 0.25) is 0 Å². The van der Waals surface area contributed by atoms with Gasteiger partial charge < -0.3 is 10.4 Å². The summed E-state index contributed by atoms with van der Waals surface area (Å²) in [5.41, 5.74) is -0.491. The molecular weight excluding hydrogens is 326 g/mol. The normalized spacial score (nSPS) is 13.8. The maximum Gasteiger partial charge on any atom is 0.252 e. The summed E-state index contributed by atoms with van der Waals surface area (Å²) < 4.78 is 0.739. The molecule has 1 aromatic heterocycles. The number of nitrogens with one attached hydrogen (secondary N) is 1. The molecule has 1 heterocycles. The third kappa shape index (κ3) is 3.43. The van der Waals surface area contributed by atoms with Crippen molar-refractivity contribution in [3.05, 3.63) is 56.7 Å². The molecule has 19 heavy (non-hydrogen) atoms. The van der Waals surface area contributed by atoms with E-state index in [4.69, 9.17) is 0 Å². The topological polar surface area (TPSA) is 49.3 Å². The number of hydrogen-bond donors (Lipinski definition) is 2. The van der Waals surface area contributed by atoms with Gasteiger partial charge in [-0.2, -0.15) is 0 Å². The van der Waals surface area contributed by atoms with Crippen molar-refractivity contribution in [1.82, 2.24) is 5.32 Å². The van der Waals surface area contributed by atoms with Crippen LogP contribution in [0.3, 0.4) is 0 Å². The molecule has 2 N–H and O–H groups in total. The van der Waals surface area contributed by atoms with Crippen LogP contribution in [-0.4, -0.2) is 17.6 Å². The maximum atomic E-state index is 12.0. The van der Waals surface area contributed by atoms with Gasteiger partial charge in [0.2, 0.25) is 0 Å². The summed E-state index contributed by atoms with van der Waals surface area (Å²) >= 11 is 4.80. The molecule has 0 spiro atoms. The van der Waals surface area contributed by atoms with E-state index in [2.05, 4.69) is 21.2 Å². The fraction of sp³-hybridized carbons (Fsp3) is 0.214. The minimum absolute atomic E-state index is 0.174. The van der Waals surface area contributed by atoms with Crippen LogP contribution in [-0.2, 0) is 5.60 Å². The van der Waals surface area contributed by atoms with Crippen molar-refractivity contribution < 1.29 is 9.90 Å². The van der Waals surface area contributed by atoms with Crippen molar-refractivity contribution in [2.24, 2.45) is 0 Å². The van der Waals surface area contributed by atoms with Crippen LogP contribution in [0.1, 0.15) is 22.2 Å². The zero-order valence-electron chi connectivity index (χ0n) is 10.4. The van der Waals surface area contributed by atoms with E-state index in [-0.39, 0.29) is 12.5 Å². The second kappa shape index (κ2) is 5.86. The van der Waals surface area contributed by atoms with Gasteiger partial charge in [-0.05, 0) is 46.4 Å². The quantitative estimate of drug-likeness (QED) is 0.898. The first-order valence-electron chi connectivity index (χ1n) is 5.80. The first-order valence-corrected chi connectivity index (χ1v) is 7.47. The number of thiophene rings is 1. The summed E-state index contributed by atoms with van der Waals surface area (Å²) in [6.45, 7) is 1.87. The van der Waals surface area contributed by atoms with E-state index in [1.807, 2.05) is 29.6 Å². The van der Waals surface area contributed by atoms with Gasteiger partial charge in [-0.25, -0.2) is 0 Å². The van der Waals surface area contributed by atoms with Gasteiger partial charge in [0.1, 0.15) is 5.60 Å². The standard InChI is InChI=1S/C14H14BrNO2S/c1-14(18,12-7-4-8-19-12)9-16-13(17)10-5-2-3-6-11(10)15/h2-8,18H,9H2,1H3,(H,16,17)/t14-/m0/s1. The Morgan fingerprint density at radius 1 is 1.37 bits per heavy atom. The van der Waals surface area contributed by atoms with Gasteiger partial charge in [0.15, 0.2) is 0 Å². The van der Waals surface area contributed by atoms with E-state index >= 15 is 0 Å². The molecule has 0 aliphatic carbocycles. The first kappa shape index (κ1) is 14.2. The molecule has 3 nitrogen and oxygen atoms in total. The Balaban J connectivity index is 2.03. The number of carbonyl (C=O) groups is 1. The van der Waals surface area contributed by atoms with Crippen molar-refractivity contribution in [2.45, 2.75) is 12.5 Å². The number of amides is 1. The molecule has 0 saturated heterocycles. The van der Waals surface area contributed by atoms with Crippen LogP contribution in [0.15, 0.2) is 46.3 Å². The Bertz CT molecular complexity index is 567. The van der Waals surface area contributed by atoms with Gasteiger partial charge >= 0.3 is 0 Å². The van der Waals surface area contributed by atoms with Crippen LogP contribution in [0.25, 0.3) is 0 Å². The smallest absolute Gasteiger partial charge is 0.252 e. The average Bonchev–Trinajstić information content (AvgIpc) is 2.91. The van der Waals surface area contributed by atoms with Crippen LogP contribution in [0.5, 0.6) is 0 Å². The second-order valence-corrected chi connectivity index (χ2v) is 6.22. The van der Waals surface area contributed by atoms with Crippen molar-refractivity contribution in [3.8, 4) is 0 Å². The predicted molar refractivity (Wildman–Crippen MR) is 80.4 cm³/mol. The van der Waals surface area contributed by atoms with E-state index in [9.17, 15) is 9.90 Å². The number of halogens is 1. The Labute approximate surface area is 124 Å². The van der Waals surface area contributed by atoms with E-state index < -0.39 is 5.60 Å². The summed E-state index contributed by atoms with van der Waals surface area (Å²) in [5.74, 6) is -0.204. The Hall–Kier alpha value is -1.17. The van der Waals surface area contributed by atoms with Gasteiger partial charge in [0.05, 0.1) is 12.1 Å². The number of rotatable bonds is 4. The summed E-state index contributed by atoms with van der Waals surface area (Å²) in [5, 5.41) is 15.0. The summed E-state index contributed by atoms with van der Waals surface area (Å²) in [4.78, 5) is 12.9. The lowest BCUT2D eigenvalue weighted by Gasteiger charge is -2.22. The molecule has 0 saturated carbocycles. The number of carbonyl (C=O) groups excluding carboxylic acids is 1. The van der Waals surface area contributed by atoms with Gasteiger partial charge in [-0.15, -0.1) is 11.3 Å². The van der Waals surface area contributed by atoms with Crippen molar-refractivity contribution in [2.75, 3.05) is 6.54 Å². The van der Waals surface area contributed by atoms with E-state index in [1.54, 1.807) is 19.1 Å². The summed E-state index contributed by atoms with van der Waals surface area (Å²) in [7, 11) is 0. The highest BCUT2D eigenvalue weighted by Gasteiger charge is 2.25. The van der Waals surface area contributed by atoms with E-state index in [0.29, 0.717) is 5.56 Å². The molecule has 2 aromatic rings. The third-order valence-electron chi connectivity index (χ3n) is 2.76. The van der Waals surface area contributed by atoms with Gasteiger partial charge in [-0.3, -0.25) is 4.79 Å². The zero-order valence-corrected chi connectivity index (χ0v) is 12.8. The Morgan fingerprint density at radius 2 is 2.11 bits per heavy atom. The van der Waals surface area contributed by atoms with E-state index in [1.165, 1.54) is 11.3 Å². The first-order chi connectivity index (χ1) is 9.00. The molecule has 0 fully saturated rings. The fourth-order valence-corrected chi connectivity index (χ4v) is 2.92. The van der Waals surface area contributed by atoms with Crippen LogP contribution >= 0.6 is 27.3 Å². The maximum absolute atomic E-state index is 12.0. The molecule has 100 valence electrons. The van der Waals surface area contributed by atoms with Crippen LogP contribution in [0.4, 0.5) is 0 Å². The molecule has 0 unspecified atom stereocenters. The van der Waals surface area contributed by atoms with Gasteiger partial charge in [-0.1, -0.05) is 18.2 Å². The zero-order chi connectivity index (χ0) is 13.9. The number of benzene rings is 1. The molecule has 0 bridgehead atoms. The monoisotopic (exact) mass is 339 g/mol. The largest absolute Gasteiger partial charge is 0.383 e. The fourth-order valence-electron chi connectivity index (χ4n) is 1.67. The molecule has 2 rings (SSSR count). The average molecular weight is 340 g/mol. The lowest BCUT2D eigenvalue weighted by atomic mass is 10.1. The highest BCUT2D eigenvalue weighted by atomic mass is 79.9. The lowest BCUT2D eigenvalue weighted by molar-refractivity contribution is 0.0556. The molecule has 0 aliphatic rings. The van der Waals surface area contributed by atoms with Gasteiger partial charge in [0, 0.05) is 9.35 Å². The molecular formula is C14H14BrNO2S. The van der Waals surface area contributed by atoms with Gasteiger partial charge in [0.25, 0.3) is 5.91 Å². The minimum Gasteiger partial charge on any atom is -0.383 e. The van der Waals surface area contributed by atoms with Crippen molar-refractivity contribution in [3.63, 3.8) is 0 Å². The number of hydrogen-bond acceptors (Lipinski definition) is 3. The van der Waals surface area contributed by atoms with Crippen LogP contribution < -0.4 is 5.32 Å². The summed E-state index contributed by atoms with van der Waals surface area (Å²) in [6.07, 6.45) is 0. The SMILES string of the molecule is C[C@](O)(CNC(=O)c1ccccc1Br)c1cccs1. The molecule has 1 aromatic carbocycles. The minimum atomic E-state index is -1.05. The Morgan fingerprint density at radius 3 is 2.74 bits per heavy atom. The number of aliphatic hydroxyl groups is 1. The molecule has 0 aliphatic heterocycles. The van der Waals surface area contributed by atoms with E-state index in [0.717, 1.165) is 9.35 Å². The lowest BCUT2D eigenvalue weighted by Crippen LogP contribution is -2.38. The third-order valence-corrected chi connectivity index (χ3v) is 4.58. The Kier molecular flexibility index (Phi) is 4.39. The highest BCUT2D eigenvalue weighted by Crippen LogP contribution is 2.24. The summed E-state index contributed by atoms with van der Waals surface area (Å²) in [6, 6.07) is 10.9. The van der Waals surface area contributed by atoms with Crippen molar-refractivity contribution >= 4 is 33.2 Å². The van der Waals surface area contributed by atoms with Crippen molar-refractivity contribution in [1.29, 1.82) is 0 Å². The predicted octanol–water partition coefficient (Wildman–Crippen LogP) is 3.15. The molecule has 5 heteroatoms. The molecule has 1 amide bonds. The highest BCUT2D eigenvalue weighted by molar-refractivity contribution is 9.10. The molecule has 1 atom stereocenters.